The summed E-state index contributed by atoms with van der Waals surface area (Å²) in [4.78, 5) is 23.1. The molecule has 1 aliphatic rings. The maximum absolute atomic E-state index is 12.0. The minimum Gasteiger partial charge on any atom is -0.492 e. The normalized spacial score (nSPS) is 21.0. The summed E-state index contributed by atoms with van der Waals surface area (Å²) in [5.74, 6) is -1.21. The van der Waals surface area contributed by atoms with Crippen molar-refractivity contribution in [1.82, 2.24) is 5.32 Å². The molecule has 114 valence electrons. The van der Waals surface area contributed by atoms with Gasteiger partial charge >= 0.3 is 5.97 Å². The lowest BCUT2D eigenvalue weighted by Crippen LogP contribution is -2.37. The molecule has 0 saturated heterocycles. The van der Waals surface area contributed by atoms with Crippen molar-refractivity contribution < 1.29 is 19.4 Å². The van der Waals surface area contributed by atoms with Gasteiger partial charge in [-0.15, -0.1) is 0 Å². The molecule has 0 radical (unpaired) electrons. The molecule has 2 unspecified atom stereocenters. The summed E-state index contributed by atoms with van der Waals surface area (Å²) in [6.07, 6.45) is 2.05. The van der Waals surface area contributed by atoms with Gasteiger partial charge in [-0.05, 0) is 37.5 Å². The first-order valence-electron chi connectivity index (χ1n) is 7.28. The number of nitrogens with one attached hydrogen (secondary N) is 1. The molecular formula is C16H21NO4. The van der Waals surface area contributed by atoms with Gasteiger partial charge in [0.25, 0.3) is 0 Å². The predicted molar refractivity (Wildman–Crippen MR) is 78.2 cm³/mol. The van der Waals surface area contributed by atoms with Gasteiger partial charge in [-0.2, -0.15) is 0 Å². The number of aryl methyl sites for hydroxylation is 1. The zero-order valence-electron chi connectivity index (χ0n) is 12.2. The number of carboxylic acid groups (broad SMARTS) is 1. The molecule has 5 heteroatoms. The Morgan fingerprint density at radius 3 is 2.81 bits per heavy atom. The van der Waals surface area contributed by atoms with E-state index in [0.29, 0.717) is 26.0 Å². The van der Waals surface area contributed by atoms with Crippen molar-refractivity contribution in [2.45, 2.75) is 26.2 Å². The van der Waals surface area contributed by atoms with E-state index in [1.165, 1.54) is 0 Å². The van der Waals surface area contributed by atoms with Crippen molar-refractivity contribution in [3.05, 3.63) is 29.8 Å². The van der Waals surface area contributed by atoms with Gasteiger partial charge in [0.05, 0.1) is 18.4 Å². The molecule has 0 heterocycles. The van der Waals surface area contributed by atoms with Gasteiger partial charge in [0.15, 0.2) is 0 Å². The van der Waals surface area contributed by atoms with Gasteiger partial charge in [0.1, 0.15) is 12.4 Å². The average Bonchev–Trinajstić information content (AvgIpc) is 2.93. The molecular weight excluding hydrogens is 270 g/mol. The number of carboxylic acids is 1. The highest BCUT2D eigenvalue weighted by atomic mass is 16.5. The van der Waals surface area contributed by atoms with E-state index in [2.05, 4.69) is 5.32 Å². The van der Waals surface area contributed by atoms with E-state index in [4.69, 9.17) is 9.84 Å². The van der Waals surface area contributed by atoms with E-state index >= 15 is 0 Å². The van der Waals surface area contributed by atoms with Crippen molar-refractivity contribution >= 4 is 11.9 Å². The van der Waals surface area contributed by atoms with Crippen molar-refractivity contribution in [1.29, 1.82) is 0 Å². The van der Waals surface area contributed by atoms with Crippen LogP contribution in [0.2, 0.25) is 0 Å². The molecule has 1 amide bonds. The molecule has 1 aromatic carbocycles. The second-order valence-corrected chi connectivity index (χ2v) is 5.44. The molecule has 0 aromatic heterocycles. The van der Waals surface area contributed by atoms with Crippen molar-refractivity contribution in [3.8, 4) is 5.75 Å². The van der Waals surface area contributed by atoms with Crippen LogP contribution < -0.4 is 10.1 Å². The van der Waals surface area contributed by atoms with Crippen molar-refractivity contribution in [2.75, 3.05) is 13.2 Å². The largest absolute Gasteiger partial charge is 0.492 e. The quantitative estimate of drug-likeness (QED) is 0.786. The van der Waals surface area contributed by atoms with Crippen molar-refractivity contribution in [2.24, 2.45) is 11.8 Å². The number of rotatable bonds is 6. The van der Waals surface area contributed by atoms with Crippen LogP contribution in [0.3, 0.4) is 0 Å². The number of carbonyl (C=O) groups excluding carboxylic acids is 1. The van der Waals surface area contributed by atoms with Crippen LogP contribution in [0.5, 0.6) is 5.75 Å². The first kappa shape index (κ1) is 15.4. The molecule has 0 aliphatic heterocycles. The summed E-state index contributed by atoms with van der Waals surface area (Å²) in [7, 11) is 0. The standard InChI is InChI=1S/C16H21NO4/c1-11-4-2-5-12(10-11)21-9-8-17-15(18)13-6-3-7-14(13)16(19)20/h2,4-5,10,13-14H,3,6-9H2,1H3,(H,17,18)(H,19,20). The van der Waals surface area contributed by atoms with Gasteiger partial charge < -0.3 is 15.2 Å². The van der Waals surface area contributed by atoms with E-state index in [9.17, 15) is 9.59 Å². The Hall–Kier alpha value is -2.04. The van der Waals surface area contributed by atoms with Gasteiger partial charge in [0, 0.05) is 0 Å². The zero-order chi connectivity index (χ0) is 15.2. The number of benzene rings is 1. The Bertz CT molecular complexity index is 515. The first-order chi connectivity index (χ1) is 10.1. The Morgan fingerprint density at radius 2 is 2.10 bits per heavy atom. The van der Waals surface area contributed by atoms with Gasteiger partial charge in [-0.1, -0.05) is 18.6 Å². The molecule has 2 rings (SSSR count). The van der Waals surface area contributed by atoms with Crippen LogP contribution in [0.1, 0.15) is 24.8 Å². The minimum atomic E-state index is -0.872. The van der Waals surface area contributed by atoms with Crippen molar-refractivity contribution in [3.63, 3.8) is 0 Å². The summed E-state index contributed by atoms with van der Waals surface area (Å²) in [5, 5.41) is 11.8. The monoisotopic (exact) mass is 291 g/mol. The van der Waals surface area contributed by atoms with Gasteiger partial charge in [-0.3, -0.25) is 9.59 Å². The van der Waals surface area contributed by atoms with Gasteiger partial charge in [0.2, 0.25) is 5.91 Å². The van der Waals surface area contributed by atoms with Crippen LogP contribution in [0.25, 0.3) is 0 Å². The summed E-state index contributed by atoms with van der Waals surface area (Å²) >= 11 is 0. The minimum absolute atomic E-state index is 0.173. The molecule has 0 spiro atoms. The summed E-state index contributed by atoms with van der Waals surface area (Å²) in [6.45, 7) is 2.75. The van der Waals surface area contributed by atoms with E-state index < -0.39 is 17.8 Å². The number of carbonyl (C=O) groups is 2. The first-order valence-corrected chi connectivity index (χ1v) is 7.28. The van der Waals surface area contributed by atoms with Gasteiger partial charge in [-0.25, -0.2) is 0 Å². The Labute approximate surface area is 124 Å². The average molecular weight is 291 g/mol. The molecule has 1 fully saturated rings. The highest BCUT2D eigenvalue weighted by Gasteiger charge is 2.37. The fourth-order valence-corrected chi connectivity index (χ4v) is 2.75. The van der Waals surface area contributed by atoms with Crippen LogP contribution in [-0.2, 0) is 9.59 Å². The number of hydrogen-bond acceptors (Lipinski definition) is 3. The van der Waals surface area contributed by atoms with E-state index in [1.54, 1.807) is 0 Å². The lowest BCUT2D eigenvalue weighted by atomic mass is 9.95. The second kappa shape index (κ2) is 7.11. The Morgan fingerprint density at radius 1 is 1.33 bits per heavy atom. The van der Waals surface area contributed by atoms with E-state index in [-0.39, 0.29) is 5.91 Å². The zero-order valence-corrected chi connectivity index (χ0v) is 12.2. The number of amides is 1. The fourth-order valence-electron chi connectivity index (χ4n) is 2.75. The SMILES string of the molecule is Cc1cccc(OCCNC(=O)C2CCCC2C(=O)O)c1. The Kier molecular flexibility index (Phi) is 5.20. The Balaban J connectivity index is 1.73. The lowest BCUT2D eigenvalue weighted by Gasteiger charge is -2.15. The predicted octanol–water partition coefficient (Wildman–Crippen LogP) is 1.99. The fraction of sp³-hybridized carbons (Fsp3) is 0.500. The molecule has 1 aliphatic carbocycles. The van der Waals surface area contributed by atoms with E-state index in [1.807, 2.05) is 31.2 Å². The molecule has 1 aromatic rings. The third-order valence-corrected chi connectivity index (χ3v) is 3.83. The highest BCUT2D eigenvalue weighted by molar-refractivity contribution is 5.85. The third kappa shape index (κ3) is 4.21. The van der Waals surface area contributed by atoms with Crippen LogP contribution in [0, 0.1) is 18.8 Å². The maximum atomic E-state index is 12.0. The number of hydrogen-bond donors (Lipinski definition) is 2. The van der Waals surface area contributed by atoms with E-state index in [0.717, 1.165) is 17.7 Å². The second-order valence-electron chi connectivity index (χ2n) is 5.44. The van der Waals surface area contributed by atoms with Crippen LogP contribution in [0.4, 0.5) is 0 Å². The van der Waals surface area contributed by atoms with Crippen LogP contribution >= 0.6 is 0 Å². The number of aliphatic carboxylic acids is 1. The molecule has 5 nitrogen and oxygen atoms in total. The topological polar surface area (TPSA) is 75.6 Å². The lowest BCUT2D eigenvalue weighted by molar-refractivity contribution is -0.146. The molecule has 2 N–H and O–H groups in total. The molecule has 2 atom stereocenters. The molecule has 1 saturated carbocycles. The summed E-state index contributed by atoms with van der Waals surface area (Å²) in [6, 6.07) is 7.70. The molecule has 21 heavy (non-hydrogen) atoms. The number of ether oxygens (including phenoxy) is 1. The maximum Gasteiger partial charge on any atom is 0.307 e. The summed E-state index contributed by atoms with van der Waals surface area (Å²) in [5.41, 5.74) is 1.12. The summed E-state index contributed by atoms with van der Waals surface area (Å²) < 4.78 is 5.54. The third-order valence-electron chi connectivity index (χ3n) is 3.83. The smallest absolute Gasteiger partial charge is 0.307 e. The van der Waals surface area contributed by atoms with Crippen LogP contribution in [-0.4, -0.2) is 30.1 Å². The highest BCUT2D eigenvalue weighted by Crippen LogP contribution is 2.31. The van der Waals surface area contributed by atoms with Crippen LogP contribution in [0.15, 0.2) is 24.3 Å². The molecule has 0 bridgehead atoms.